The first-order chi connectivity index (χ1) is 4.25. The minimum atomic E-state index is -0.0741. The van der Waals surface area contributed by atoms with Crippen molar-refractivity contribution < 1.29 is 9.80 Å². The van der Waals surface area contributed by atoms with Gasteiger partial charge in [-0.05, 0) is 6.92 Å². The van der Waals surface area contributed by atoms with Gasteiger partial charge in [-0.25, -0.2) is 0 Å². The summed E-state index contributed by atoms with van der Waals surface area (Å²) in [6.07, 6.45) is -0.0741. The molecule has 1 saturated heterocycles. The van der Waals surface area contributed by atoms with Gasteiger partial charge in [0.05, 0.1) is 19.1 Å². The summed E-state index contributed by atoms with van der Waals surface area (Å²) in [6, 6.07) is 0. The molecule has 0 radical (unpaired) electrons. The van der Waals surface area contributed by atoms with E-state index in [2.05, 4.69) is 0 Å². The predicted molar refractivity (Wildman–Crippen MR) is 33.8 cm³/mol. The first-order valence-electron chi connectivity index (χ1n) is 3.40. The van der Waals surface area contributed by atoms with E-state index in [4.69, 9.17) is 4.74 Å². The van der Waals surface area contributed by atoms with Gasteiger partial charge in [0.25, 0.3) is 0 Å². The normalized spacial score (nSPS) is 37.7. The van der Waals surface area contributed by atoms with E-state index in [9.17, 15) is 5.21 Å². The zero-order valence-electron chi connectivity index (χ0n) is 5.89. The third kappa shape index (κ3) is 1.23. The molecule has 9 heavy (non-hydrogen) atoms. The summed E-state index contributed by atoms with van der Waals surface area (Å²) >= 11 is 0. The minimum absolute atomic E-state index is 0.0741. The van der Waals surface area contributed by atoms with Gasteiger partial charge in [-0.1, -0.05) is 6.92 Å². The Balaban J connectivity index is 2.25. The molecule has 0 saturated carbocycles. The van der Waals surface area contributed by atoms with Crippen molar-refractivity contribution in [1.82, 2.24) is 0 Å². The Bertz CT molecular complexity index is 97.1. The molecule has 3 nitrogen and oxygen atoms in total. The van der Waals surface area contributed by atoms with Crippen molar-refractivity contribution in [3.8, 4) is 0 Å². The van der Waals surface area contributed by atoms with Gasteiger partial charge >= 0.3 is 0 Å². The monoisotopic (exact) mass is 131 g/mol. The van der Waals surface area contributed by atoms with E-state index in [-0.39, 0.29) is 11.3 Å². The molecular weight excluding hydrogens is 118 g/mol. The van der Waals surface area contributed by atoms with Crippen LogP contribution < -0.4 is 5.06 Å². The lowest BCUT2D eigenvalue weighted by atomic mass is 10.1. The fraction of sp³-hybridized carbons (Fsp3) is 1.00. The molecule has 0 aliphatic carbocycles. The fourth-order valence-electron chi connectivity index (χ4n) is 0.996. The molecule has 3 heteroatoms. The molecular formula is C6H13NO2. The lowest BCUT2D eigenvalue weighted by Gasteiger charge is -2.40. The second-order valence-corrected chi connectivity index (χ2v) is 2.55. The third-order valence-electron chi connectivity index (χ3n) is 1.72. The summed E-state index contributed by atoms with van der Waals surface area (Å²) in [5, 5.41) is 11.1. The Labute approximate surface area is 55.2 Å². The molecule has 1 N–H and O–H groups in total. The minimum Gasteiger partial charge on any atom is -0.632 e. The molecule has 0 aromatic carbocycles. The lowest BCUT2D eigenvalue weighted by Crippen LogP contribution is -3.13. The maximum atomic E-state index is 10.9. The van der Waals surface area contributed by atoms with Crippen molar-refractivity contribution >= 4 is 0 Å². The van der Waals surface area contributed by atoms with E-state index < -0.39 is 0 Å². The average molecular weight is 131 g/mol. The van der Waals surface area contributed by atoms with Gasteiger partial charge in [0.15, 0.2) is 6.23 Å². The zero-order valence-corrected chi connectivity index (χ0v) is 5.89. The van der Waals surface area contributed by atoms with Crippen LogP contribution >= 0.6 is 0 Å². The van der Waals surface area contributed by atoms with Crippen LogP contribution in [-0.4, -0.2) is 19.4 Å². The number of rotatable bonds is 2. The molecule has 0 bridgehead atoms. The van der Waals surface area contributed by atoms with Crippen molar-refractivity contribution in [1.29, 1.82) is 0 Å². The molecule has 1 aliphatic rings. The van der Waals surface area contributed by atoms with E-state index in [0.717, 1.165) is 6.61 Å². The van der Waals surface area contributed by atoms with Crippen LogP contribution in [0.2, 0.25) is 0 Å². The largest absolute Gasteiger partial charge is 0.632 e. The number of ether oxygens (including phenoxy) is 1. The first kappa shape index (κ1) is 6.99. The Morgan fingerprint density at radius 1 is 1.78 bits per heavy atom. The number of hydrogen-bond acceptors (Lipinski definition) is 2. The van der Waals surface area contributed by atoms with E-state index in [1.807, 2.05) is 13.8 Å². The van der Waals surface area contributed by atoms with E-state index in [1.54, 1.807) is 0 Å². The Morgan fingerprint density at radius 2 is 2.44 bits per heavy atom. The van der Waals surface area contributed by atoms with Crippen LogP contribution in [0.3, 0.4) is 0 Å². The smallest absolute Gasteiger partial charge is 0.196 e. The van der Waals surface area contributed by atoms with Gasteiger partial charge < -0.3 is 15.0 Å². The van der Waals surface area contributed by atoms with E-state index in [1.165, 1.54) is 0 Å². The molecule has 0 aromatic heterocycles. The Kier molecular flexibility index (Phi) is 2.05. The van der Waals surface area contributed by atoms with Crippen LogP contribution in [-0.2, 0) is 4.74 Å². The van der Waals surface area contributed by atoms with Crippen LogP contribution in [0.4, 0.5) is 0 Å². The molecule has 1 rings (SSSR count). The van der Waals surface area contributed by atoms with Gasteiger partial charge in [0.1, 0.15) is 0 Å². The molecule has 0 amide bonds. The maximum Gasteiger partial charge on any atom is 0.196 e. The zero-order chi connectivity index (χ0) is 6.85. The van der Waals surface area contributed by atoms with Gasteiger partial charge in [-0.15, -0.1) is 0 Å². The number of hydroxylamine groups is 2. The summed E-state index contributed by atoms with van der Waals surface area (Å²) in [5.41, 5.74) is 0. The highest BCUT2D eigenvalue weighted by Gasteiger charge is 2.32. The van der Waals surface area contributed by atoms with Crippen molar-refractivity contribution in [3.05, 3.63) is 5.21 Å². The highest BCUT2D eigenvalue weighted by Crippen LogP contribution is 2.13. The van der Waals surface area contributed by atoms with Crippen LogP contribution in [0.1, 0.15) is 13.8 Å². The summed E-state index contributed by atoms with van der Waals surface area (Å²) in [7, 11) is 0. The van der Waals surface area contributed by atoms with Crippen LogP contribution in [0.25, 0.3) is 0 Å². The number of hydrogen-bond donors (Lipinski definition) is 1. The highest BCUT2D eigenvalue weighted by atomic mass is 16.6. The quantitative estimate of drug-likeness (QED) is 0.507. The fourth-order valence-corrected chi connectivity index (χ4v) is 0.996. The molecule has 1 fully saturated rings. The van der Waals surface area contributed by atoms with Crippen molar-refractivity contribution in [2.24, 2.45) is 5.92 Å². The average Bonchev–Trinajstić information content (AvgIpc) is 1.84. The molecule has 0 spiro atoms. The van der Waals surface area contributed by atoms with Gasteiger partial charge in [0, 0.05) is 0 Å². The maximum absolute atomic E-state index is 10.9. The summed E-state index contributed by atoms with van der Waals surface area (Å²) in [6.45, 7) is 5.28. The SMILES string of the molecule is CC[NH+]([O-])C1OCC1C. The lowest BCUT2D eigenvalue weighted by molar-refractivity contribution is -0.916. The standard InChI is InChI=1S/C6H13NO2/c1-3-7(8)6-5(2)4-9-6/h5-7H,3-4H2,1-2H3. The molecule has 54 valence electrons. The van der Waals surface area contributed by atoms with Gasteiger partial charge in [0.2, 0.25) is 0 Å². The van der Waals surface area contributed by atoms with E-state index in [0.29, 0.717) is 12.5 Å². The number of quaternary nitrogens is 1. The molecule has 3 unspecified atom stereocenters. The third-order valence-corrected chi connectivity index (χ3v) is 1.72. The van der Waals surface area contributed by atoms with Crippen molar-refractivity contribution in [2.45, 2.75) is 20.1 Å². The van der Waals surface area contributed by atoms with Crippen LogP contribution in [0.5, 0.6) is 0 Å². The van der Waals surface area contributed by atoms with Gasteiger partial charge in [-0.2, -0.15) is 0 Å². The van der Waals surface area contributed by atoms with Crippen molar-refractivity contribution in [2.75, 3.05) is 13.2 Å². The second-order valence-electron chi connectivity index (χ2n) is 2.55. The Morgan fingerprint density at radius 3 is 2.56 bits per heavy atom. The predicted octanol–water partition coefficient (Wildman–Crippen LogP) is -0.619. The highest BCUT2D eigenvalue weighted by molar-refractivity contribution is 4.64. The molecule has 1 aliphatic heterocycles. The topological polar surface area (TPSA) is 36.7 Å². The molecule has 1 heterocycles. The number of nitrogens with one attached hydrogen (secondary N) is 1. The summed E-state index contributed by atoms with van der Waals surface area (Å²) in [5.74, 6) is 0.456. The first-order valence-corrected chi connectivity index (χ1v) is 3.40. The van der Waals surface area contributed by atoms with Crippen LogP contribution in [0.15, 0.2) is 0 Å². The summed E-state index contributed by atoms with van der Waals surface area (Å²) < 4.78 is 5.05. The van der Waals surface area contributed by atoms with Crippen LogP contribution in [0, 0.1) is 11.1 Å². The summed E-state index contributed by atoms with van der Waals surface area (Å²) in [4.78, 5) is 0. The van der Waals surface area contributed by atoms with Crippen molar-refractivity contribution in [3.63, 3.8) is 0 Å². The second kappa shape index (κ2) is 2.64. The molecule has 0 aromatic rings. The van der Waals surface area contributed by atoms with Gasteiger partial charge in [-0.3, -0.25) is 0 Å². The Hall–Kier alpha value is -0.120. The molecule has 3 atom stereocenters. The van der Waals surface area contributed by atoms with E-state index >= 15 is 0 Å².